The zero-order chi connectivity index (χ0) is 31.7. The number of benzene rings is 1. The number of halogens is 1. The van der Waals surface area contributed by atoms with Crippen molar-refractivity contribution in [2.24, 2.45) is 17.8 Å². The molecule has 1 aliphatic carbocycles. The van der Waals surface area contributed by atoms with Gasteiger partial charge in [-0.3, -0.25) is 9.52 Å². The van der Waals surface area contributed by atoms with Gasteiger partial charge in [-0.25, -0.2) is 4.21 Å². The van der Waals surface area contributed by atoms with Crippen molar-refractivity contribution >= 4 is 28.5 Å². The van der Waals surface area contributed by atoms with E-state index in [4.69, 9.17) is 16.3 Å². The van der Waals surface area contributed by atoms with E-state index >= 15 is 0 Å². The molecule has 0 aromatic heterocycles. The van der Waals surface area contributed by atoms with Gasteiger partial charge in [0.1, 0.15) is 16.6 Å². The number of amides is 1. The lowest BCUT2D eigenvalue weighted by Gasteiger charge is -2.48. The summed E-state index contributed by atoms with van der Waals surface area (Å²) in [5.74, 6) is 6.84. The molecule has 7 atom stereocenters. The highest BCUT2D eigenvalue weighted by atomic mass is 35.5. The molecule has 1 heterocycles. The molecule has 0 saturated heterocycles. The zero-order valence-electron chi connectivity index (χ0n) is 26.6. The Morgan fingerprint density at radius 3 is 2.70 bits per heavy atom. The molecule has 1 aromatic rings. The molecule has 7 unspecified atom stereocenters. The van der Waals surface area contributed by atoms with Gasteiger partial charge in [0.2, 0.25) is 0 Å². The van der Waals surface area contributed by atoms with Gasteiger partial charge in [0.15, 0.2) is 0 Å². The van der Waals surface area contributed by atoms with E-state index in [0.717, 1.165) is 36.5 Å². The summed E-state index contributed by atoms with van der Waals surface area (Å²) in [7, 11) is 0.160. The monoisotopic (exact) mass is 628 g/mol. The normalized spacial score (nSPS) is 31.4. The number of nitrogens with zero attached hydrogens (tertiary/aromatic N) is 1. The van der Waals surface area contributed by atoms with Gasteiger partial charge in [-0.15, -0.1) is 0 Å². The number of methoxy groups -OCH3 is 1. The number of rotatable bonds is 6. The quantitative estimate of drug-likeness (QED) is 0.284. The molecule has 8 heteroatoms. The average molecular weight is 629 g/mol. The van der Waals surface area contributed by atoms with Crippen LogP contribution in [0.25, 0.3) is 0 Å². The van der Waals surface area contributed by atoms with Gasteiger partial charge in [-0.2, -0.15) is 0 Å². The first-order chi connectivity index (χ1) is 20.5. The molecule has 6 nitrogen and oxygen atoms in total. The maximum atomic E-state index is 13.1. The van der Waals surface area contributed by atoms with E-state index in [0.29, 0.717) is 25.0 Å². The number of aliphatic hydroxyl groups excluding tert-OH is 1. The molecule has 1 amide bonds. The summed E-state index contributed by atoms with van der Waals surface area (Å²) in [5, 5.41) is 9.90. The summed E-state index contributed by atoms with van der Waals surface area (Å²) in [6.45, 7) is 15.9. The molecule has 0 radical (unpaired) electrons. The minimum absolute atomic E-state index is 0.00168. The number of allylic oxidation sites excluding steroid dienone is 2. The summed E-state index contributed by atoms with van der Waals surface area (Å²) in [5.41, 5.74) is 2.89. The Morgan fingerprint density at radius 1 is 1.33 bits per heavy atom. The van der Waals surface area contributed by atoms with Crippen LogP contribution in [-0.2, 0) is 26.9 Å². The summed E-state index contributed by atoms with van der Waals surface area (Å²) >= 11 is 6.32. The van der Waals surface area contributed by atoms with Crippen molar-refractivity contribution < 1.29 is 18.8 Å². The van der Waals surface area contributed by atoms with E-state index in [1.807, 2.05) is 26.0 Å². The number of carbonyl (C=O) groups is 1. The Balaban J connectivity index is 2.04. The molecule has 1 aliphatic heterocycles. The second-order valence-corrected chi connectivity index (χ2v) is 14.1. The number of fused-ring (bicyclic) bond motifs is 1. The number of ether oxygens (including phenoxy) is 1. The van der Waals surface area contributed by atoms with Crippen LogP contribution in [0, 0.1) is 29.6 Å². The van der Waals surface area contributed by atoms with Crippen LogP contribution in [-0.4, -0.2) is 57.8 Å². The van der Waals surface area contributed by atoms with Crippen LogP contribution in [0.4, 0.5) is 0 Å². The van der Waals surface area contributed by atoms with Gasteiger partial charge in [0, 0.05) is 48.8 Å². The predicted octanol–water partition coefficient (Wildman–Crippen LogP) is 6.33. The third-order valence-electron chi connectivity index (χ3n) is 9.15. The first-order valence-corrected chi connectivity index (χ1v) is 17.0. The maximum Gasteiger partial charge on any atom is 0.258 e. The summed E-state index contributed by atoms with van der Waals surface area (Å²) in [4.78, 5) is 15.3. The highest BCUT2D eigenvalue weighted by Crippen LogP contribution is 2.45. The molecule has 2 aliphatic rings. The summed E-state index contributed by atoms with van der Waals surface area (Å²) in [6.07, 6.45) is 9.88. The van der Waals surface area contributed by atoms with E-state index in [1.54, 1.807) is 20.1 Å². The molecule has 3 rings (SSSR count). The Hall–Kier alpha value is -2.37. The third kappa shape index (κ3) is 8.85. The second-order valence-electron chi connectivity index (χ2n) is 12.1. The second kappa shape index (κ2) is 16.1. The SMILES string of the molecule is C=C1/C=C(\C)C(=O)NS(=O)C(C)C(C)C/C=C/C(C#CCCO)(OC)C2CCC2CN1CC(C)c1ccc(Cl)cc1CC. The minimum Gasteiger partial charge on any atom is -0.395 e. The lowest BCUT2D eigenvalue weighted by Crippen LogP contribution is -2.50. The lowest BCUT2D eigenvalue weighted by atomic mass is 9.64. The van der Waals surface area contributed by atoms with Gasteiger partial charge in [0.05, 0.1) is 11.9 Å². The standard InChI is InChI=1S/C35H49ClN2O4S/c1-8-29-21-31(36)14-15-32(29)26(4)22-38-23-30-13-16-33(30)35(42-7,17-9-10-19-39)18-11-12-24(2)28(6)43(41)37-34(40)25(3)20-27(38)5/h11,14-15,18,20-21,24,26,28,30,33,39H,5,8,10,12-13,16,19,22-23H2,1-4,6-7H3,(H,37,40)/b18-11+,25-20+. The van der Waals surface area contributed by atoms with E-state index in [-0.39, 0.29) is 41.4 Å². The molecule has 2 N–H and O–H groups in total. The van der Waals surface area contributed by atoms with E-state index in [2.05, 4.69) is 60.1 Å². The first kappa shape index (κ1) is 35.1. The van der Waals surface area contributed by atoms with Crippen LogP contribution in [0.5, 0.6) is 0 Å². The first-order valence-electron chi connectivity index (χ1n) is 15.4. The molecule has 1 aromatic carbocycles. The minimum atomic E-state index is -1.55. The number of aryl methyl sites for hydroxylation is 1. The maximum absolute atomic E-state index is 13.1. The fourth-order valence-electron chi connectivity index (χ4n) is 6.05. The Labute approximate surface area is 266 Å². The summed E-state index contributed by atoms with van der Waals surface area (Å²) < 4.78 is 22.0. The van der Waals surface area contributed by atoms with Crippen molar-refractivity contribution in [3.8, 4) is 11.8 Å². The Bertz CT molecular complexity index is 1300. The molecule has 43 heavy (non-hydrogen) atoms. The van der Waals surface area contributed by atoms with Crippen LogP contribution in [0.2, 0.25) is 5.02 Å². The van der Waals surface area contributed by atoms with Crippen molar-refractivity contribution in [3.63, 3.8) is 0 Å². The van der Waals surface area contributed by atoms with Gasteiger partial charge >= 0.3 is 0 Å². The molecular weight excluding hydrogens is 580 g/mol. The number of aliphatic hydroxyl groups is 1. The van der Waals surface area contributed by atoms with Crippen molar-refractivity contribution in [3.05, 3.63) is 70.4 Å². The zero-order valence-corrected chi connectivity index (χ0v) is 28.2. The fraction of sp³-hybridized carbons (Fsp3) is 0.571. The smallest absolute Gasteiger partial charge is 0.258 e. The number of carbonyl (C=O) groups excluding carboxylic acids is 1. The van der Waals surface area contributed by atoms with Crippen LogP contribution in [0.1, 0.15) is 77.3 Å². The van der Waals surface area contributed by atoms with Gasteiger partial charge in [-0.05, 0) is 92.7 Å². The highest BCUT2D eigenvalue weighted by Gasteiger charge is 2.46. The fourth-order valence-corrected chi connectivity index (χ4v) is 7.31. The number of hydrogen-bond donors (Lipinski definition) is 2. The van der Waals surface area contributed by atoms with Gasteiger partial charge in [-0.1, -0.05) is 62.9 Å². The molecule has 1 fully saturated rings. The molecule has 0 spiro atoms. The Kier molecular flexibility index (Phi) is 13.1. The van der Waals surface area contributed by atoms with Crippen molar-refractivity contribution in [1.29, 1.82) is 0 Å². The largest absolute Gasteiger partial charge is 0.395 e. The van der Waals surface area contributed by atoms with Gasteiger partial charge in [0.25, 0.3) is 5.91 Å². The molecular formula is C35H49ClN2O4S. The van der Waals surface area contributed by atoms with Gasteiger partial charge < -0.3 is 14.7 Å². The number of nitrogens with one attached hydrogen (secondary N) is 1. The van der Waals surface area contributed by atoms with E-state index in [1.165, 1.54) is 11.1 Å². The van der Waals surface area contributed by atoms with Crippen molar-refractivity contribution in [2.75, 3.05) is 26.8 Å². The molecule has 236 valence electrons. The van der Waals surface area contributed by atoms with E-state index < -0.39 is 16.6 Å². The Morgan fingerprint density at radius 2 is 2.07 bits per heavy atom. The molecule has 0 bridgehead atoms. The van der Waals surface area contributed by atoms with Crippen LogP contribution in [0.15, 0.2) is 54.3 Å². The highest BCUT2D eigenvalue weighted by molar-refractivity contribution is 7.84. The van der Waals surface area contributed by atoms with Crippen LogP contribution >= 0.6 is 11.6 Å². The predicted molar refractivity (Wildman–Crippen MR) is 178 cm³/mol. The van der Waals surface area contributed by atoms with Crippen LogP contribution in [0.3, 0.4) is 0 Å². The lowest BCUT2D eigenvalue weighted by molar-refractivity contribution is -0.115. The van der Waals surface area contributed by atoms with Crippen LogP contribution < -0.4 is 4.72 Å². The topological polar surface area (TPSA) is 78.9 Å². The number of hydrogen-bond acceptors (Lipinski definition) is 5. The van der Waals surface area contributed by atoms with Crippen molar-refractivity contribution in [1.82, 2.24) is 9.62 Å². The third-order valence-corrected chi connectivity index (χ3v) is 10.9. The average Bonchev–Trinajstić information content (AvgIpc) is 2.96. The summed E-state index contributed by atoms with van der Waals surface area (Å²) in [6, 6.07) is 6.10. The van der Waals surface area contributed by atoms with E-state index in [9.17, 15) is 14.1 Å². The molecule has 1 saturated carbocycles. The van der Waals surface area contributed by atoms with Crippen molar-refractivity contribution in [2.45, 2.75) is 83.5 Å².